The summed E-state index contributed by atoms with van der Waals surface area (Å²) in [7, 11) is -2.72. The minimum Gasteiger partial charge on any atom is -0.403 e. The van der Waals surface area contributed by atoms with Crippen LogP contribution in [0.1, 0.15) is 60.8 Å². The topological polar surface area (TPSA) is 27.7 Å². The zero-order valence-electron chi connectivity index (χ0n) is 20.0. The summed E-state index contributed by atoms with van der Waals surface area (Å²) >= 11 is 0. The molecule has 2 aliphatic rings. The quantitative estimate of drug-likeness (QED) is 0.584. The molecular formula is C26H37BO3Si. The summed E-state index contributed by atoms with van der Waals surface area (Å²) in [5.74, 6) is 0. The van der Waals surface area contributed by atoms with Gasteiger partial charge in [-0.15, -0.1) is 0 Å². The van der Waals surface area contributed by atoms with Crippen molar-refractivity contribution >= 4 is 25.8 Å². The highest BCUT2D eigenvalue weighted by Gasteiger charge is 2.61. The molecule has 2 fully saturated rings. The van der Waals surface area contributed by atoms with Gasteiger partial charge in [-0.25, -0.2) is 0 Å². The highest BCUT2D eigenvalue weighted by Crippen LogP contribution is 2.51. The third-order valence-corrected chi connectivity index (χ3v) is 12.8. The third kappa shape index (κ3) is 3.84. The van der Waals surface area contributed by atoms with Crippen molar-refractivity contribution in [3.63, 3.8) is 0 Å². The van der Waals surface area contributed by atoms with E-state index in [1.165, 1.54) is 10.4 Å². The van der Waals surface area contributed by atoms with Crippen LogP contribution in [0, 0.1) is 0 Å². The van der Waals surface area contributed by atoms with Crippen molar-refractivity contribution in [2.24, 2.45) is 0 Å². The molecule has 2 aromatic carbocycles. The molecule has 166 valence electrons. The first-order chi connectivity index (χ1) is 14.7. The molecule has 2 aromatic rings. The SMILES string of the molecule is CCC1(CC)CC(CB2OC(C)(C)C(C)(C)O2)[Si](c2ccccc2)(c2ccccc2)O1. The van der Waals surface area contributed by atoms with Crippen LogP contribution in [0.5, 0.6) is 0 Å². The Bertz CT molecular complexity index is 825. The van der Waals surface area contributed by atoms with Gasteiger partial charge in [-0.05, 0) is 69.2 Å². The lowest BCUT2D eigenvalue weighted by Gasteiger charge is -2.36. The smallest absolute Gasteiger partial charge is 0.403 e. The molecular weight excluding hydrogens is 399 g/mol. The average Bonchev–Trinajstić information content (AvgIpc) is 3.20. The molecule has 0 amide bonds. The van der Waals surface area contributed by atoms with Gasteiger partial charge in [-0.3, -0.25) is 0 Å². The van der Waals surface area contributed by atoms with E-state index < -0.39 is 8.32 Å². The Morgan fingerprint density at radius 2 is 1.26 bits per heavy atom. The van der Waals surface area contributed by atoms with Crippen molar-refractivity contribution < 1.29 is 13.7 Å². The van der Waals surface area contributed by atoms with Crippen molar-refractivity contribution in [3.05, 3.63) is 60.7 Å². The van der Waals surface area contributed by atoms with Gasteiger partial charge in [-0.2, -0.15) is 0 Å². The molecule has 0 N–H and O–H groups in total. The molecule has 31 heavy (non-hydrogen) atoms. The minimum absolute atomic E-state index is 0.0911. The molecule has 2 heterocycles. The lowest BCUT2D eigenvalue weighted by molar-refractivity contribution is 0.00578. The Balaban J connectivity index is 1.80. The van der Waals surface area contributed by atoms with Crippen LogP contribution in [0.4, 0.5) is 0 Å². The summed E-state index contributed by atoms with van der Waals surface area (Å²) in [5.41, 5.74) is -0.334. The summed E-state index contributed by atoms with van der Waals surface area (Å²) in [6.07, 6.45) is 3.97. The predicted octanol–water partition coefficient (Wildman–Crippen LogP) is 5.19. The van der Waals surface area contributed by atoms with E-state index in [1.54, 1.807) is 0 Å². The summed E-state index contributed by atoms with van der Waals surface area (Å²) in [5, 5.41) is 2.71. The summed E-state index contributed by atoms with van der Waals surface area (Å²) in [6.45, 7) is 13.1. The second-order valence-electron chi connectivity index (χ2n) is 10.3. The summed E-state index contributed by atoms with van der Waals surface area (Å²) in [4.78, 5) is 0. The normalized spacial score (nSPS) is 25.6. The van der Waals surface area contributed by atoms with Crippen LogP contribution < -0.4 is 10.4 Å². The van der Waals surface area contributed by atoms with E-state index in [2.05, 4.69) is 102 Å². The molecule has 5 heteroatoms. The zero-order chi connectivity index (χ0) is 22.3. The number of benzene rings is 2. The van der Waals surface area contributed by atoms with Crippen LogP contribution in [-0.4, -0.2) is 32.2 Å². The van der Waals surface area contributed by atoms with Crippen LogP contribution in [0.15, 0.2) is 60.7 Å². The first kappa shape index (κ1) is 22.8. The van der Waals surface area contributed by atoms with E-state index in [0.29, 0.717) is 5.54 Å². The van der Waals surface area contributed by atoms with Crippen LogP contribution >= 0.6 is 0 Å². The van der Waals surface area contributed by atoms with Crippen molar-refractivity contribution in [1.29, 1.82) is 0 Å². The Hall–Kier alpha value is -1.40. The van der Waals surface area contributed by atoms with Crippen LogP contribution in [0.25, 0.3) is 0 Å². The molecule has 2 saturated heterocycles. The van der Waals surface area contributed by atoms with Crippen LogP contribution in [-0.2, 0) is 13.7 Å². The first-order valence-corrected chi connectivity index (χ1v) is 13.8. The van der Waals surface area contributed by atoms with Crippen molar-refractivity contribution in [2.75, 3.05) is 0 Å². The maximum Gasteiger partial charge on any atom is 0.457 e. The fourth-order valence-corrected chi connectivity index (χ4v) is 10.7. The van der Waals surface area contributed by atoms with Gasteiger partial charge in [0.2, 0.25) is 0 Å². The Morgan fingerprint density at radius 1 is 0.806 bits per heavy atom. The van der Waals surface area contributed by atoms with E-state index in [1.807, 2.05) is 0 Å². The molecule has 1 unspecified atom stereocenters. The van der Waals surface area contributed by atoms with E-state index in [9.17, 15) is 0 Å². The second kappa shape index (κ2) is 8.18. The Labute approximate surface area is 189 Å². The van der Waals surface area contributed by atoms with Crippen molar-refractivity contribution in [3.8, 4) is 0 Å². The molecule has 0 radical (unpaired) electrons. The third-order valence-electron chi connectivity index (χ3n) is 8.04. The van der Waals surface area contributed by atoms with Gasteiger partial charge >= 0.3 is 7.12 Å². The van der Waals surface area contributed by atoms with Crippen LogP contribution in [0.3, 0.4) is 0 Å². The molecule has 1 atom stereocenters. The highest BCUT2D eigenvalue weighted by atomic mass is 28.4. The molecule has 4 rings (SSSR count). The van der Waals surface area contributed by atoms with Crippen LogP contribution in [0.2, 0.25) is 11.9 Å². The Morgan fingerprint density at radius 3 is 1.68 bits per heavy atom. The van der Waals surface area contributed by atoms with Crippen molar-refractivity contribution in [1.82, 2.24) is 0 Å². The van der Waals surface area contributed by atoms with Gasteiger partial charge in [0.1, 0.15) is 0 Å². The summed E-state index contributed by atoms with van der Waals surface area (Å²) < 4.78 is 20.3. The fourth-order valence-electron chi connectivity index (χ4n) is 5.41. The lowest BCUT2D eigenvalue weighted by atomic mass is 9.79. The van der Waals surface area contributed by atoms with Gasteiger partial charge < -0.3 is 13.7 Å². The van der Waals surface area contributed by atoms with Gasteiger partial charge in [0.15, 0.2) is 0 Å². The Kier molecular flexibility index (Phi) is 6.01. The first-order valence-electron chi connectivity index (χ1n) is 11.8. The van der Waals surface area contributed by atoms with E-state index in [4.69, 9.17) is 13.7 Å². The monoisotopic (exact) mass is 436 g/mol. The molecule has 0 aliphatic carbocycles. The van der Waals surface area contributed by atoms with E-state index in [-0.39, 0.29) is 23.9 Å². The molecule has 2 aliphatic heterocycles. The maximum absolute atomic E-state index is 7.36. The number of hydrogen-bond acceptors (Lipinski definition) is 3. The molecule has 0 bridgehead atoms. The van der Waals surface area contributed by atoms with Gasteiger partial charge in [0.05, 0.1) is 16.8 Å². The second-order valence-corrected chi connectivity index (χ2v) is 13.9. The summed E-state index contributed by atoms with van der Waals surface area (Å²) in [6, 6.07) is 21.9. The largest absolute Gasteiger partial charge is 0.457 e. The molecule has 0 saturated carbocycles. The van der Waals surface area contributed by atoms with Crippen molar-refractivity contribution in [2.45, 2.75) is 89.5 Å². The number of rotatable bonds is 6. The van der Waals surface area contributed by atoms with Gasteiger partial charge in [0.25, 0.3) is 8.32 Å². The highest BCUT2D eigenvalue weighted by molar-refractivity contribution is 6.99. The fraction of sp³-hybridized carbons (Fsp3) is 0.538. The molecule has 3 nitrogen and oxygen atoms in total. The van der Waals surface area contributed by atoms with Gasteiger partial charge in [0, 0.05) is 0 Å². The molecule has 0 spiro atoms. The standard InChI is InChI=1S/C26H37BO3Si/c1-7-26(8-2)19-23(20-27-28-24(3,4)25(5,6)29-27)31(30-26,21-15-11-9-12-16-21)22-17-13-10-14-18-22/h9-18,23H,7-8,19-20H2,1-6H3. The number of hydrogen-bond donors (Lipinski definition) is 0. The maximum atomic E-state index is 7.36. The average molecular weight is 436 g/mol. The lowest BCUT2D eigenvalue weighted by Crippen LogP contribution is -2.62. The van der Waals surface area contributed by atoms with E-state index in [0.717, 1.165) is 25.6 Å². The van der Waals surface area contributed by atoms with Gasteiger partial charge in [-0.1, -0.05) is 74.5 Å². The predicted molar refractivity (Wildman–Crippen MR) is 132 cm³/mol. The zero-order valence-corrected chi connectivity index (χ0v) is 21.0. The molecule has 0 aromatic heterocycles. The minimum atomic E-state index is -2.51. The van der Waals surface area contributed by atoms with E-state index >= 15 is 0 Å².